The van der Waals surface area contributed by atoms with E-state index in [2.05, 4.69) is 5.32 Å². The number of aliphatic hydroxyl groups excluding tert-OH is 1. The summed E-state index contributed by atoms with van der Waals surface area (Å²) < 4.78 is 75.2. The number of carbonyl (C=O) groups excluding carboxylic acids is 1. The number of benzene rings is 3. The lowest BCUT2D eigenvalue weighted by molar-refractivity contribution is -0.138. The molecule has 0 saturated heterocycles. The van der Waals surface area contributed by atoms with Gasteiger partial charge in [0.15, 0.2) is 0 Å². The zero-order valence-corrected chi connectivity index (χ0v) is 19.1. The van der Waals surface area contributed by atoms with E-state index in [-0.39, 0.29) is 34.2 Å². The predicted octanol–water partition coefficient (Wildman–Crippen LogP) is 6.21. The number of amides is 1. The number of nitrogens with one attached hydrogen (secondary N) is 1. The van der Waals surface area contributed by atoms with E-state index in [1.807, 2.05) is 0 Å². The summed E-state index contributed by atoms with van der Waals surface area (Å²) in [6.07, 6.45) is -3.56. The molecule has 0 heterocycles. The van der Waals surface area contributed by atoms with Gasteiger partial charge in [-0.25, -0.2) is 8.78 Å². The first-order valence-corrected chi connectivity index (χ1v) is 11.1. The van der Waals surface area contributed by atoms with Crippen LogP contribution in [0.2, 0.25) is 0 Å². The van der Waals surface area contributed by atoms with Crippen molar-refractivity contribution in [3.05, 3.63) is 88.0 Å². The lowest BCUT2D eigenvalue weighted by Crippen LogP contribution is -2.19. The van der Waals surface area contributed by atoms with E-state index in [9.17, 15) is 31.9 Å². The third-order valence-electron chi connectivity index (χ3n) is 5.93. The van der Waals surface area contributed by atoms with E-state index in [0.717, 1.165) is 18.2 Å². The summed E-state index contributed by atoms with van der Waals surface area (Å²) in [6.45, 7) is 1.01. The Kier molecular flexibility index (Phi) is 7.01. The van der Waals surface area contributed by atoms with Crippen LogP contribution in [-0.2, 0) is 6.18 Å². The quantitative estimate of drug-likeness (QED) is 0.333. The van der Waals surface area contributed by atoms with Gasteiger partial charge in [-0.05, 0) is 85.3 Å². The van der Waals surface area contributed by atoms with E-state index < -0.39 is 47.5 Å². The summed E-state index contributed by atoms with van der Waals surface area (Å²) in [5.41, 5.74) is 4.72. The number of anilines is 1. The zero-order valence-electron chi connectivity index (χ0n) is 19.1. The third kappa shape index (κ3) is 5.50. The van der Waals surface area contributed by atoms with Crippen molar-refractivity contribution in [2.45, 2.75) is 37.9 Å². The number of carbonyl (C=O) groups is 1. The number of aryl methyl sites for hydroxylation is 1. The normalized spacial score (nSPS) is 14.4. The SMILES string of the molecule is Cc1cc(F)ccc1Oc1cc(C2CC2)c(C(F)(F)F)cc1C(=O)Nc1ccc(F)c(C(N)CO)c1. The zero-order chi connectivity index (χ0) is 26.2. The molecule has 1 saturated carbocycles. The summed E-state index contributed by atoms with van der Waals surface area (Å²) in [6, 6.07) is 7.98. The lowest BCUT2D eigenvalue weighted by atomic mass is 9.98. The van der Waals surface area contributed by atoms with Gasteiger partial charge in [-0.2, -0.15) is 13.2 Å². The molecule has 0 radical (unpaired) electrons. The molecule has 4 rings (SSSR count). The molecule has 1 unspecified atom stereocenters. The summed E-state index contributed by atoms with van der Waals surface area (Å²) in [7, 11) is 0. The highest BCUT2D eigenvalue weighted by Gasteiger charge is 2.40. The molecule has 1 aliphatic carbocycles. The molecule has 3 aromatic rings. The molecule has 0 bridgehead atoms. The van der Waals surface area contributed by atoms with Crippen molar-refractivity contribution < 1.29 is 36.6 Å². The highest BCUT2D eigenvalue weighted by Crippen LogP contribution is 2.48. The van der Waals surface area contributed by atoms with Gasteiger partial charge in [0.2, 0.25) is 0 Å². The van der Waals surface area contributed by atoms with Crippen molar-refractivity contribution in [1.29, 1.82) is 0 Å². The predicted molar refractivity (Wildman–Crippen MR) is 123 cm³/mol. The molecule has 5 nitrogen and oxygen atoms in total. The molecule has 1 atom stereocenters. The molecular formula is C26H23F5N2O3. The fourth-order valence-electron chi connectivity index (χ4n) is 3.88. The Balaban J connectivity index is 1.77. The summed E-state index contributed by atoms with van der Waals surface area (Å²) in [5, 5.41) is 11.7. The van der Waals surface area contributed by atoms with Gasteiger partial charge in [0.25, 0.3) is 5.91 Å². The van der Waals surface area contributed by atoms with Gasteiger partial charge >= 0.3 is 6.18 Å². The van der Waals surface area contributed by atoms with Gasteiger partial charge in [0, 0.05) is 11.3 Å². The second kappa shape index (κ2) is 9.87. The monoisotopic (exact) mass is 506 g/mol. The molecule has 0 aromatic heterocycles. The molecule has 0 aliphatic heterocycles. The van der Waals surface area contributed by atoms with Crippen LogP contribution in [0.3, 0.4) is 0 Å². The van der Waals surface area contributed by atoms with Crippen LogP contribution >= 0.6 is 0 Å². The molecule has 3 aromatic carbocycles. The summed E-state index contributed by atoms with van der Waals surface area (Å²) >= 11 is 0. The molecule has 36 heavy (non-hydrogen) atoms. The Bertz CT molecular complexity index is 1310. The van der Waals surface area contributed by atoms with Crippen LogP contribution in [0, 0.1) is 18.6 Å². The number of rotatable bonds is 7. The van der Waals surface area contributed by atoms with Crippen molar-refractivity contribution in [2.24, 2.45) is 5.73 Å². The third-order valence-corrected chi connectivity index (χ3v) is 5.93. The lowest BCUT2D eigenvalue weighted by Gasteiger charge is -2.19. The van der Waals surface area contributed by atoms with Crippen LogP contribution in [0.5, 0.6) is 11.5 Å². The molecule has 1 amide bonds. The first kappa shape index (κ1) is 25.6. The number of ether oxygens (including phenoxy) is 1. The fraction of sp³-hybridized carbons (Fsp3) is 0.269. The largest absolute Gasteiger partial charge is 0.456 e. The van der Waals surface area contributed by atoms with Crippen molar-refractivity contribution in [2.75, 3.05) is 11.9 Å². The second-order valence-corrected chi connectivity index (χ2v) is 8.70. The van der Waals surface area contributed by atoms with Crippen LogP contribution in [0.4, 0.5) is 27.6 Å². The number of aliphatic hydroxyl groups is 1. The molecule has 1 fully saturated rings. The minimum absolute atomic E-state index is 0.0202. The van der Waals surface area contributed by atoms with Crippen molar-refractivity contribution >= 4 is 11.6 Å². The maximum atomic E-state index is 14.1. The van der Waals surface area contributed by atoms with Crippen molar-refractivity contribution in [3.8, 4) is 11.5 Å². The van der Waals surface area contributed by atoms with Crippen LogP contribution < -0.4 is 15.8 Å². The second-order valence-electron chi connectivity index (χ2n) is 8.70. The van der Waals surface area contributed by atoms with Gasteiger partial charge in [0.05, 0.1) is 23.8 Å². The van der Waals surface area contributed by atoms with Crippen LogP contribution in [0.15, 0.2) is 48.5 Å². The van der Waals surface area contributed by atoms with E-state index in [1.54, 1.807) is 6.92 Å². The first-order valence-electron chi connectivity index (χ1n) is 11.1. The minimum atomic E-state index is -4.71. The molecular weight excluding hydrogens is 483 g/mol. The Labute approximate surface area is 203 Å². The topological polar surface area (TPSA) is 84.6 Å². The van der Waals surface area contributed by atoms with Gasteiger partial charge in [-0.3, -0.25) is 4.79 Å². The van der Waals surface area contributed by atoms with Gasteiger partial charge in [0.1, 0.15) is 23.1 Å². The number of alkyl halides is 3. The highest BCUT2D eigenvalue weighted by atomic mass is 19.4. The Hall–Kier alpha value is -3.50. The number of hydrogen-bond donors (Lipinski definition) is 3. The Morgan fingerprint density at radius 2 is 1.83 bits per heavy atom. The van der Waals surface area contributed by atoms with E-state index in [4.69, 9.17) is 10.5 Å². The summed E-state index contributed by atoms with van der Waals surface area (Å²) in [4.78, 5) is 13.2. The fourth-order valence-corrected chi connectivity index (χ4v) is 3.88. The van der Waals surface area contributed by atoms with Crippen molar-refractivity contribution in [1.82, 2.24) is 0 Å². The first-order chi connectivity index (χ1) is 17.0. The maximum Gasteiger partial charge on any atom is 0.416 e. The van der Waals surface area contributed by atoms with Gasteiger partial charge in [-0.1, -0.05) is 0 Å². The Morgan fingerprint density at radius 1 is 1.11 bits per heavy atom. The minimum Gasteiger partial charge on any atom is -0.456 e. The standard InChI is InChI=1S/C26H23F5N2O3/c1-13-8-15(27)4-7-23(13)36-24-11-17(14-2-3-14)20(26(29,30)31)10-19(24)25(35)33-16-5-6-21(28)18(9-16)22(32)12-34/h4-11,14,22,34H,2-3,12,32H2,1H3,(H,33,35). The van der Waals surface area contributed by atoms with E-state index >= 15 is 0 Å². The van der Waals surface area contributed by atoms with E-state index in [1.165, 1.54) is 30.3 Å². The van der Waals surface area contributed by atoms with Crippen LogP contribution in [0.1, 0.15) is 57.4 Å². The maximum absolute atomic E-state index is 14.1. The number of hydrogen-bond acceptors (Lipinski definition) is 4. The van der Waals surface area contributed by atoms with Crippen LogP contribution in [0.25, 0.3) is 0 Å². The van der Waals surface area contributed by atoms with Crippen LogP contribution in [-0.4, -0.2) is 17.6 Å². The molecule has 1 aliphatic rings. The van der Waals surface area contributed by atoms with E-state index in [0.29, 0.717) is 18.4 Å². The molecule has 190 valence electrons. The highest BCUT2D eigenvalue weighted by molar-refractivity contribution is 6.06. The average Bonchev–Trinajstić information content (AvgIpc) is 3.66. The molecule has 0 spiro atoms. The number of nitrogens with two attached hydrogens (primary N) is 1. The van der Waals surface area contributed by atoms with Gasteiger partial charge in [-0.15, -0.1) is 0 Å². The van der Waals surface area contributed by atoms with Crippen molar-refractivity contribution in [3.63, 3.8) is 0 Å². The average molecular weight is 506 g/mol. The summed E-state index contributed by atoms with van der Waals surface area (Å²) in [5.74, 6) is -2.44. The van der Waals surface area contributed by atoms with Gasteiger partial charge < -0.3 is 20.9 Å². The number of halogens is 5. The molecule has 10 heteroatoms. The molecule has 4 N–H and O–H groups in total. The Morgan fingerprint density at radius 3 is 2.44 bits per heavy atom. The smallest absolute Gasteiger partial charge is 0.416 e.